The molecule has 0 amide bonds. The molecule has 0 fully saturated rings. The SMILES string of the molecule is CC/C=C\C/C=C\C/C=C\C/C=C\C/C=C\CCCC(=O)OCC(COP(=O)(O)OCC(O)COP(=O)(O)OCC(COC(=O)CCCCCCCC/C=C\C/C=C\C/C=C\C/C=C\CC)OC(=O)CCCCCCC/C=C\CCCCCCCC)OC(=O)CCCCCCCCCCCCC. The summed E-state index contributed by atoms with van der Waals surface area (Å²) in [6, 6.07) is 0. The zero-order valence-electron chi connectivity index (χ0n) is 64.0. The van der Waals surface area contributed by atoms with Gasteiger partial charge < -0.3 is 33.8 Å². The molecule has 0 aliphatic rings. The number of rotatable bonds is 74. The minimum absolute atomic E-state index is 0.0795. The topological polar surface area (TPSA) is 237 Å². The Morgan fingerprint density at radius 3 is 0.833 bits per heavy atom. The molecule has 0 heterocycles. The van der Waals surface area contributed by atoms with Crippen LogP contribution in [-0.2, 0) is 65.4 Å². The Kier molecular flexibility index (Phi) is 71.4. The van der Waals surface area contributed by atoms with Gasteiger partial charge in [-0.2, -0.15) is 0 Å². The number of unbranched alkanes of at least 4 members (excludes halogenated alkanes) is 28. The number of carbonyl (C=O) groups excluding carboxylic acids is 4. The molecular formula is C83H142O17P2. The Morgan fingerprint density at radius 1 is 0.284 bits per heavy atom. The number of hydrogen-bond donors (Lipinski definition) is 3. The Hall–Kier alpha value is -4.54. The molecule has 0 bridgehead atoms. The van der Waals surface area contributed by atoms with Crippen LogP contribution in [0.25, 0.3) is 0 Å². The average molecular weight is 1470 g/mol. The van der Waals surface area contributed by atoms with Gasteiger partial charge in [-0.1, -0.05) is 290 Å². The third-order valence-corrected chi connectivity index (χ3v) is 18.3. The van der Waals surface area contributed by atoms with Crippen LogP contribution in [0.15, 0.2) is 122 Å². The standard InChI is InChI=1S/C83H142O17P2/c1-5-9-13-17-21-25-29-32-35-37-38-40-43-45-49-52-56-60-64-68-81(86)94-74-79(100-83(88)70-66-62-58-54-50-46-41-34-31-27-23-19-15-11-7-3)76-98-102(91,92)96-72-77(84)71-95-101(89,90)97-75-78(99-82(87)69-65-61-57-53-47-28-24-20-16-12-8-4)73-93-80(85)67-63-59-55-51-48-44-42-39-36-33-30-26-22-18-14-10-6-2/h9-10,13-14,21-22,25-26,32-36,38,40-42,44,51,55,77-79,84H,5-8,11-12,15-20,23-24,27-31,37,39,43,45-50,52-54,56-76H2,1-4H3,(H,89,90)(H,91,92)/b13-9-,14-10-,25-21-,26-22-,35-32-,36-33-,40-38-,41-34-,44-42-,55-51-. The molecule has 0 radical (unpaired) electrons. The van der Waals surface area contributed by atoms with Crippen LogP contribution in [0.2, 0.25) is 0 Å². The predicted octanol–water partition coefficient (Wildman–Crippen LogP) is 23.1. The maximum Gasteiger partial charge on any atom is 0.472 e. The quantitative estimate of drug-likeness (QED) is 0.0169. The summed E-state index contributed by atoms with van der Waals surface area (Å²) in [5, 5.41) is 10.6. The van der Waals surface area contributed by atoms with Crippen LogP contribution < -0.4 is 0 Å². The molecule has 0 aromatic carbocycles. The summed E-state index contributed by atoms with van der Waals surface area (Å²) in [4.78, 5) is 72.9. The summed E-state index contributed by atoms with van der Waals surface area (Å²) in [5.74, 6) is -2.26. The van der Waals surface area contributed by atoms with E-state index in [-0.39, 0.29) is 25.7 Å². The Balaban J connectivity index is 5.38. The lowest BCUT2D eigenvalue weighted by Gasteiger charge is -2.21. The Bertz CT molecular complexity index is 2410. The number of phosphoric acid groups is 2. The van der Waals surface area contributed by atoms with Crippen molar-refractivity contribution in [2.45, 2.75) is 341 Å². The molecule has 0 aliphatic heterocycles. The molecule has 0 aromatic heterocycles. The van der Waals surface area contributed by atoms with E-state index in [1.54, 1.807) is 0 Å². The lowest BCUT2D eigenvalue weighted by Crippen LogP contribution is -2.30. The highest BCUT2D eigenvalue weighted by molar-refractivity contribution is 7.47. The molecule has 5 atom stereocenters. The summed E-state index contributed by atoms with van der Waals surface area (Å²) in [6.07, 6.45) is 81.9. The van der Waals surface area contributed by atoms with Gasteiger partial charge in [0.1, 0.15) is 19.3 Å². The van der Waals surface area contributed by atoms with Crippen LogP contribution in [0.3, 0.4) is 0 Å². The normalized spacial score (nSPS) is 14.5. The summed E-state index contributed by atoms with van der Waals surface area (Å²) >= 11 is 0. The largest absolute Gasteiger partial charge is 0.472 e. The van der Waals surface area contributed by atoms with Gasteiger partial charge in [-0.3, -0.25) is 37.3 Å². The minimum Gasteiger partial charge on any atom is -0.462 e. The van der Waals surface area contributed by atoms with Crippen molar-refractivity contribution in [2.24, 2.45) is 0 Å². The molecule has 0 rings (SSSR count). The Morgan fingerprint density at radius 2 is 0.520 bits per heavy atom. The first-order valence-electron chi connectivity index (χ1n) is 39.8. The van der Waals surface area contributed by atoms with Gasteiger partial charge in [0, 0.05) is 25.7 Å². The van der Waals surface area contributed by atoms with Gasteiger partial charge >= 0.3 is 39.5 Å². The van der Waals surface area contributed by atoms with E-state index in [4.69, 9.17) is 37.0 Å². The van der Waals surface area contributed by atoms with E-state index < -0.39 is 97.5 Å². The van der Waals surface area contributed by atoms with Crippen LogP contribution in [0, 0.1) is 0 Å². The number of hydrogen-bond acceptors (Lipinski definition) is 15. The zero-order valence-corrected chi connectivity index (χ0v) is 65.8. The van der Waals surface area contributed by atoms with E-state index >= 15 is 0 Å². The number of aliphatic hydroxyl groups excluding tert-OH is 1. The third-order valence-electron chi connectivity index (χ3n) is 16.4. The summed E-state index contributed by atoms with van der Waals surface area (Å²) in [6.45, 7) is 4.57. The second kappa shape index (κ2) is 74.7. The van der Waals surface area contributed by atoms with Crippen molar-refractivity contribution in [3.63, 3.8) is 0 Å². The van der Waals surface area contributed by atoms with Gasteiger partial charge in [-0.15, -0.1) is 0 Å². The van der Waals surface area contributed by atoms with Crippen molar-refractivity contribution >= 4 is 39.5 Å². The van der Waals surface area contributed by atoms with E-state index in [0.29, 0.717) is 32.1 Å². The van der Waals surface area contributed by atoms with Gasteiger partial charge in [0.05, 0.1) is 26.4 Å². The number of carbonyl (C=O) groups is 4. The molecule has 0 spiro atoms. The maximum atomic E-state index is 13.1. The van der Waals surface area contributed by atoms with Crippen molar-refractivity contribution in [2.75, 3.05) is 39.6 Å². The predicted molar refractivity (Wildman–Crippen MR) is 418 cm³/mol. The summed E-state index contributed by atoms with van der Waals surface area (Å²) in [5.41, 5.74) is 0. The van der Waals surface area contributed by atoms with E-state index in [1.807, 2.05) is 12.2 Å². The van der Waals surface area contributed by atoms with Gasteiger partial charge in [0.15, 0.2) is 12.2 Å². The highest BCUT2D eigenvalue weighted by Crippen LogP contribution is 2.45. The first-order valence-corrected chi connectivity index (χ1v) is 42.8. The molecular weight excluding hydrogens is 1330 g/mol. The monoisotopic (exact) mass is 1470 g/mol. The van der Waals surface area contributed by atoms with Crippen molar-refractivity contribution in [1.82, 2.24) is 0 Å². The van der Waals surface area contributed by atoms with E-state index in [9.17, 15) is 43.2 Å². The number of esters is 4. The summed E-state index contributed by atoms with van der Waals surface area (Å²) < 4.78 is 68.5. The van der Waals surface area contributed by atoms with Crippen molar-refractivity contribution in [3.8, 4) is 0 Å². The second-order valence-corrected chi connectivity index (χ2v) is 29.2. The van der Waals surface area contributed by atoms with E-state index in [0.717, 1.165) is 161 Å². The van der Waals surface area contributed by atoms with Crippen LogP contribution >= 0.6 is 15.6 Å². The molecule has 17 nitrogen and oxygen atoms in total. The van der Waals surface area contributed by atoms with Gasteiger partial charge in [0.25, 0.3) is 0 Å². The number of phosphoric ester groups is 2. The molecule has 0 aliphatic carbocycles. The van der Waals surface area contributed by atoms with Crippen molar-refractivity contribution in [1.29, 1.82) is 0 Å². The first kappa shape index (κ1) is 97.5. The maximum absolute atomic E-state index is 13.1. The molecule has 102 heavy (non-hydrogen) atoms. The fraction of sp³-hybridized carbons (Fsp3) is 0.711. The van der Waals surface area contributed by atoms with Crippen LogP contribution in [0.1, 0.15) is 323 Å². The molecule has 586 valence electrons. The third kappa shape index (κ3) is 73.8. The molecule has 5 unspecified atom stereocenters. The number of allylic oxidation sites excluding steroid dienone is 20. The minimum atomic E-state index is -4.99. The van der Waals surface area contributed by atoms with Crippen molar-refractivity contribution in [3.05, 3.63) is 122 Å². The second-order valence-electron chi connectivity index (χ2n) is 26.2. The van der Waals surface area contributed by atoms with Gasteiger partial charge in [-0.05, 0) is 128 Å². The fourth-order valence-corrected chi connectivity index (χ4v) is 12.0. The highest BCUT2D eigenvalue weighted by Gasteiger charge is 2.30. The molecule has 0 aromatic rings. The summed E-state index contributed by atoms with van der Waals surface area (Å²) in [7, 11) is -9.97. The smallest absolute Gasteiger partial charge is 0.462 e. The van der Waals surface area contributed by atoms with Gasteiger partial charge in [0.2, 0.25) is 0 Å². The number of aliphatic hydroxyl groups is 1. The average Bonchev–Trinajstić information content (AvgIpc) is 0.926. The molecule has 0 saturated heterocycles. The highest BCUT2D eigenvalue weighted by atomic mass is 31.2. The fourth-order valence-electron chi connectivity index (χ4n) is 10.4. The number of ether oxygens (including phenoxy) is 4. The molecule has 0 saturated carbocycles. The van der Waals surface area contributed by atoms with E-state index in [1.165, 1.54) is 77.0 Å². The Labute approximate surface area is 619 Å². The molecule has 3 N–H and O–H groups in total. The lowest BCUT2D eigenvalue weighted by atomic mass is 10.1. The van der Waals surface area contributed by atoms with Crippen molar-refractivity contribution < 1.29 is 80.2 Å². The van der Waals surface area contributed by atoms with Crippen LogP contribution in [0.4, 0.5) is 0 Å². The zero-order chi connectivity index (χ0) is 74.6. The van der Waals surface area contributed by atoms with E-state index in [2.05, 4.69) is 137 Å². The van der Waals surface area contributed by atoms with Crippen LogP contribution in [0.5, 0.6) is 0 Å². The van der Waals surface area contributed by atoms with Gasteiger partial charge in [-0.25, -0.2) is 9.13 Å². The first-order chi connectivity index (χ1) is 49.7. The molecule has 19 heteroatoms. The lowest BCUT2D eigenvalue weighted by molar-refractivity contribution is -0.161. The van der Waals surface area contributed by atoms with Crippen LogP contribution in [-0.4, -0.2) is 96.7 Å².